The van der Waals surface area contributed by atoms with Gasteiger partial charge in [0.15, 0.2) is 0 Å². The van der Waals surface area contributed by atoms with E-state index in [2.05, 4.69) is 39.5 Å². The van der Waals surface area contributed by atoms with Crippen molar-refractivity contribution >= 4 is 0 Å². The lowest BCUT2D eigenvalue weighted by atomic mass is 9.87. The van der Waals surface area contributed by atoms with E-state index >= 15 is 0 Å². The van der Waals surface area contributed by atoms with Crippen LogP contribution < -0.4 is 5.73 Å². The third-order valence-electron chi connectivity index (χ3n) is 3.72. The molecule has 0 saturated heterocycles. The Balaban J connectivity index is 2.24. The Morgan fingerprint density at radius 3 is 2.11 bits per heavy atom. The van der Waals surface area contributed by atoms with Crippen LogP contribution in [0, 0.1) is 11.3 Å². The molecule has 0 heterocycles. The van der Waals surface area contributed by atoms with Crippen LogP contribution in [0.15, 0.2) is 0 Å². The van der Waals surface area contributed by atoms with Gasteiger partial charge in [-0.3, -0.25) is 0 Å². The number of hydrogen-bond acceptors (Lipinski definition) is 2. The molecule has 0 amide bonds. The van der Waals surface area contributed by atoms with Crippen LogP contribution in [-0.4, -0.2) is 30.1 Å². The summed E-state index contributed by atoms with van der Waals surface area (Å²) in [6.45, 7) is 13.9. The van der Waals surface area contributed by atoms with Crippen molar-refractivity contribution in [3.05, 3.63) is 0 Å². The van der Waals surface area contributed by atoms with Gasteiger partial charge in [0.25, 0.3) is 0 Å². The summed E-state index contributed by atoms with van der Waals surface area (Å²) in [7, 11) is 0. The topological polar surface area (TPSA) is 29.3 Å². The van der Waals surface area contributed by atoms with E-state index in [4.69, 9.17) is 5.73 Å². The minimum Gasteiger partial charge on any atom is -0.328 e. The van der Waals surface area contributed by atoms with E-state index in [1.165, 1.54) is 32.4 Å². The first-order valence-electron chi connectivity index (χ1n) is 7.77. The van der Waals surface area contributed by atoms with Crippen molar-refractivity contribution in [1.29, 1.82) is 0 Å². The predicted molar refractivity (Wildman–Crippen MR) is 80.7 cm³/mol. The normalized spacial score (nSPS) is 18.7. The monoisotopic (exact) mass is 254 g/mol. The lowest BCUT2D eigenvalue weighted by Gasteiger charge is -2.27. The molecule has 0 bridgehead atoms. The molecule has 0 aromatic carbocycles. The van der Waals surface area contributed by atoms with Gasteiger partial charge in [0.1, 0.15) is 0 Å². The van der Waals surface area contributed by atoms with Crippen LogP contribution in [0.25, 0.3) is 0 Å². The Hall–Kier alpha value is -0.0800. The van der Waals surface area contributed by atoms with E-state index in [1.54, 1.807) is 0 Å². The Bertz CT molecular complexity index is 226. The average molecular weight is 254 g/mol. The Morgan fingerprint density at radius 1 is 1.11 bits per heavy atom. The quantitative estimate of drug-likeness (QED) is 0.716. The van der Waals surface area contributed by atoms with Crippen LogP contribution in [0.5, 0.6) is 0 Å². The van der Waals surface area contributed by atoms with E-state index in [0.29, 0.717) is 11.5 Å². The highest BCUT2D eigenvalue weighted by molar-refractivity contribution is 4.85. The fourth-order valence-electron chi connectivity index (χ4n) is 2.56. The number of hydrogen-bond donors (Lipinski definition) is 1. The summed E-state index contributed by atoms with van der Waals surface area (Å²) in [5.74, 6) is 0.814. The molecule has 0 radical (unpaired) electrons. The molecule has 2 nitrogen and oxygen atoms in total. The lowest BCUT2D eigenvalue weighted by Crippen LogP contribution is -2.35. The molecule has 0 spiro atoms. The second-order valence-corrected chi connectivity index (χ2v) is 7.76. The second-order valence-electron chi connectivity index (χ2n) is 7.76. The van der Waals surface area contributed by atoms with Crippen LogP contribution in [0.1, 0.15) is 66.7 Å². The first-order valence-corrected chi connectivity index (χ1v) is 7.77. The highest BCUT2D eigenvalue weighted by atomic mass is 15.2. The van der Waals surface area contributed by atoms with Crippen molar-refractivity contribution in [3.8, 4) is 0 Å². The largest absolute Gasteiger partial charge is 0.328 e. The molecule has 1 unspecified atom stereocenters. The predicted octanol–water partition coefficient (Wildman–Crippen LogP) is 3.65. The molecule has 0 aromatic rings. The number of nitrogens with zero attached hydrogens (tertiary/aromatic N) is 1. The molecule has 108 valence electrons. The molecule has 2 N–H and O–H groups in total. The molecule has 1 aliphatic rings. The van der Waals surface area contributed by atoms with Crippen molar-refractivity contribution in [3.63, 3.8) is 0 Å². The van der Waals surface area contributed by atoms with Crippen LogP contribution >= 0.6 is 0 Å². The lowest BCUT2D eigenvalue weighted by molar-refractivity contribution is 0.227. The van der Waals surface area contributed by atoms with Crippen LogP contribution in [0.2, 0.25) is 0 Å². The molecule has 18 heavy (non-hydrogen) atoms. The summed E-state index contributed by atoms with van der Waals surface area (Å²) in [6, 6.07) is 1.25. The van der Waals surface area contributed by atoms with Crippen molar-refractivity contribution in [2.75, 3.05) is 13.1 Å². The highest BCUT2D eigenvalue weighted by Gasteiger charge is 2.28. The first kappa shape index (κ1) is 16.0. The van der Waals surface area contributed by atoms with Crippen LogP contribution in [0.4, 0.5) is 0 Å². The average Bonchev–Trinajstić information content (AvgIpc) is 2.98. The van der Waals surface area contributed by atoms with Gasteiger partial charge in [0.05, 0.1) is 0 Å². The third-order valence-corrected chi connectivity index (χ3v) is 3.72. The fourth-order valence-corrected chi connectivity index (χ4v) is 2.56. The van der Waals surface area contributed by atoms with Gasteiger partial charge in [-0.1, -0.05) is 34.6 Å². The van der Waals surface area contributed by atoms with E-state index in [1.807, 2.05) is 0 Å². The van der Waals surface area contributed by atoms with Crippen molar-refractivity contribution in [1.82, 2.24) is 4.90 Å². The molecule has 1 aliphatic carbocycles. The van der Waals surface area contributed by atoms with Gasteiger partial charge in [-0.15, -0.1) is 0 Å². The van der Waals surface area contributed by atoms with Gasteiger partial charge in [0, 0.05) is 12.1 Å². The van der Waals surface area contributed by atoms with Crippen LogP contribution in [-0.2, 0) is 0 Å². The van der Waals surface area contributed by atoms with Gasteiger partial charge >= 0.3 is 0 Å². The minimum absolute atomic E-state index is 0.363. The molecular formula is C16H34N2. The smallest absolute Gasteiger partial charge is 0.00964 e. The van der Waals surface area contributed by atoms with Gasteiger partial charge < -0.3 is 10.6 Å². The van der Waals surface area contributed by atoms with Crippen molar-refractivity contribution < 1.29 is 0 Å². The second kappa shape index (κ2) is 6.91. The van der Waals surface area contributed by atoms with Gasteiger partial charge in [-0.05, 0) is 56.5 Å². The summed E-state index contributed by atoms with van der Waals surface area (Å²) in [5.41, 5.74) is 6.62. The summed E-state index contributed by atoms with van der Waals surface area (Å²) in [5, 5.41) is 0. The third kappa shape index (κ3) is 7.38. The van der Waals surface area contributed by atoms with Gasteiger partial charge in [-0.25, -0.2) is 0 Å². The SMILES string of the molecule is CC(C)CCN(CCC(N)CC(C)(C)C)C1CC1. The maximum atomic E-state index is 6.26. The van der Waals surface area contributed by atoms with Crippen molar-refractivity contribution in [2.24, 2.45) is 17.1 Å². The summed E-state index contributed by atoms with van der Waals surface area (Å²) in [4.78, 5) is 2.68. The molecular weight excluding hydrogens is 220 g/mol. The Labute approximate surface area is 114 Å². The molecule has 1 rings (SSSR count). The fraction of sp³-hybridized carbons (Fsp3) is 1.00. The zero-order chi connectivity index (χ0) is 13.8. The Morgan fingerprint density at radius 2 is 1.67 bits per heavy atom. The standard InChI is InChI=1S/C16H34N2/c1-13(2)8-10-18(15-6-7-15)11-9-14(17)12-16(3,4)5/h13-15H,6-12,17H2,1-5H3. The first-order chi connectivity index (χ1) is 8.28. The Kier molecular flexibility index (Phi) is 6.13. The zero-order valence-electron chi connectivity index (χ0n) is 13.2. The molecule has 0 aromatic heterocycles. The van der Waals surface area contributed by atoms with E-state index < -0.39 is 0 Å². The van der Waals surface area contributed by atoms with Crippen LogP contribution in [0.3, 0.4) is 0 Å². The van der Waals surface area contributed by atoms with E-state index in [9.17, 15) is 0 Å². The van der Waals surface area contributed by atoms with Gasteiger partial charge in [0.2, 0.25) is 0 Å². The molecule has 2 heteroatoms. The highest BCUT2D eigenvalue weighted by Crippen LogP contribution is 2.28. The summed E-state index contributed by atoms with van der Waals surface area (Å²) >= 11 is 0. The van der Waals surface area contributed by atoms with Gasteiger partial charge in [-0.2, -0.15) is 0 Å². The molecule has 1 atom stereocenters. The summed E-state index contributed by atoms with van der Waals surface area (Å²) < 4.78 is 0. The summed E-state index contributed by atoms with van der Waals surface area (Å²) in [6.07, 6.45) is 6.44. The maximum absolute atomic E-state index is 6.26. The minimum atomic E-state index is 0.363. The molecule has 1 saturated carbocycles. The van der Waals surface area contributed by atoms with E-state index in [0.717, 1.165) is 24.8 Å². The maximum Gasteiger partial charge on any atom is 0.00964 e. The number of nitrogens with two attached hydrogens (primary N) is 1. The zero-order valence-corrected chi connectivity index (χ0v) is 13.2. The molecule has 0 aliphatic heterocycles. The van der Waals surface area contributed by atoms with Crippen molar-refractivity contribution in [2.45, 2.75) is 78.8 Å². The number of rotatable bonds is 8. The van der Waals surface area contributed by atoms with E-state index in [-0.39, 0.29) is 0 Å². The molecule has 1 fully saturated rings.